The summed E-state index contributed by atoms with van der Waals surface area (Å²) in [7, 11) is 0. The SMILES string of the molecule is C.CC(C)Oc1ccc(-c2nc(-c3cccc4c3CN(CCCC(=O)O)C4)no2)cc1Cl. The average Bonchev–Trinajstić information content (AvgIpc) is 3.35. The van der Waals surface area contributed by atoms with Gasteiger partial charge in [-0.05, 0) is 56.1 Å². The van der Waals surface area contributed by atoms with E-state index in [9.17, 15) is 4.79 Å². The number of carboxylic acid groups (broad SMARTS) is 1. The van der Waals surface area contributed by atoms with Crippen molar-refractivity contribution in [2.24, 2.45) is 0 Å². The Hall–Kier alpha value is -2.90. The maximum absolute atomic E-state index is 10.8. The molecule has 0 fully saturated rings. The Labute approximate surface area is 193 Å². The summed E-state index contributed by atoms with van der Waals surface area (Å²) in [6, 6.07) is 11.5. The first-order valence-corrected chi connectivity index (χ1v) is 10.6. The second-order valence-electron chi connectivity index (χ2n) is 7.89. The monoisotopic (exact) mass is 457 g/mol. The van der Waals surface area contributed by atoms with E-state index in [2.05, 4.69) is 21.1 Å². The zero-order chi connectivity index (χ0) is 22.0. The van der Waals surface area contributed by atoms with E-state index in [1.807, 2.05) is 32.0 Å². The second-order valence-corrected chi connectivity index (χ2v) is 8.29. The summed E-state index contributed by atoms with van der Waals surface area (Å²) in [5, 5.41) is 13.5. The molecule has 0 unspecified atom stereocenters. The van der Waals surface area contributed by atoms with Crippen molar-refractivity contribution in [2.75, 3.05) is 6.54 Å². The van der Waals surface area contributed by atoms with Gasteiger partial charge < -0.3 is 14.4 Å². The predicted molar refractivity (Wildman–Crippen MR) is 124 cm³/mol. The zero-order valence-corrected chi connectivity index (χ0v) is 18.2. The zero-order valence-electron chi connectivity index (χ0n) is 17.5. The Bertz CT molecular complexity index is 1100. The van der Waals surface area contributed by atoms with Crippen LogP contribution in [0.25, 0.3) is 22.8 Å². The molecule has 170 valence electrons. The van der Waals surface area contributed by atoms with Gasteiger partial charge in [0.05, 0.1) is 11.1 Å². The van der Waals surface area contributed by atoms with Gasteiger partial charge in [0.2, 0.25) is 5.82 Å². The highest BCUT2D eigenvalue weighted by Gasteiger charge is 2.24. The quantitative estimate of drug-likeness (QED) is 0.466. The van der Waals surface area contributed by atoms with Crippen LogP contribution in [0.5, 0.6) is 5.75 Å². The third-order valence-electron chi connectivity index (χ3n) is 5.12. The molecule has 1 aromatic heterocycles. The van der Waals surface area contributed by atoms with Gasteiger partial charge in [-0.1, -0.05) is 42.4 Å². The maximum atomic E-state index is 10.8. The summed E-state index contributed by atoms with van der Waals surface area (Å²) in [6.45, 7) is 6.16. The topological polar surface area (TPSA) is 88.7 Å². The Morgan fingerprint density at radius 2 is 2.09 bits per heavy atom. The molecule has 3 aromatic rings. The van der Waals surface area contributed by atoms with Crippen molar-refractivity contribution in [1.82, 2.24) is 15.0 Å². The van der Waals surface area contributed by atoms with Crippen molar-refractivity contribution >= 4 is 17.6 Å². The Morgan fingerprint density at radius 3 is 2.81 bits per heavy atom. The minimum absolute atomic E-state index is 0. The number of aliphatic carboxylic acids is 1. The lowest BCUT2D eigenvalue weighted by Gasteiger charge is -2.13. The van der Waals surface area contributed by atoms with Crippen molar-refractivity contribution in [3.05, 3.63) is 52.5 Å². The van der Waals surface area contributed by atoms with Gasteiger partial charge in [-0.3, -0.25) is 9.69 Å². The number of rotatable bonds is 8. The van der Waals surface area contributed by atoms with Crippen LogP contribution in [0.2, 0.25) is 5.02 Å². The number of ether oxygens (including phenoxy) is 1. The highest BCUT2D eigenvalue weighted by molar-refractivity contribution is 6.32. The van der Waals surface area contributed by atoms with Crippen molar-refractivity contribution in [3.63, 3.8) is 0 Å². The molecular formula is C24H28ClN3O4. The summed E-state index contributed by atoms with van der Waals surface area (Å²) < 4.78 is 11.2. The first-order valence-electron chi connectivity index (χ1n) is 10.3. The number of hydrogen-bond acceptors (Lipinski definition) is 6. The van der Waals surface area contributed by atoms with Crippen LogP contribution in [0.4, 0.5) is 0 Å². The van der Waals surface area contributed by atoms with Gasteiger partial charge in [0, 0.05) is 30.6 Å². The van der Waals surface area contributed by atoms with Crippen LogP contribution in [0.1, 0.15) is 45.2 Å². The normalized spacial score (nSPS) is 13.1. The number of hydrogen-bond donors (Lipinski definition) is 1. The first-order chi connectivity index (χ1) is 14.9. The molecule has 0 spiro atoms. The van der Waals surface area contributed by atoms with E-state index >= 15 is 0 Å². The fourth-order valence-corrected chi connectivity index (χ4v) is 3.97. The molecule has 2 heterocycles. The Balaban J connectivity index is 0.00000289. The largest absolute Gasteiger partial charge is 0.489 e. The average molecular weight is 458 g/mol. The van der Waals surface area contributed by atoms with E-state index in [-0.39, 0.29) is 20.0 Å². The van der Waals surface area contributed by atoms with Crippen LogP contribution in [0, 0.1) is 0 Å². The fraction of sp³-hybridized carbons (Fsp3) is 0.375. The van der Waals surface area contributed by atoms with Gasteiger partial charge in [-0.2, -0.15) is 4.98 Å². The molecule has 0 saturated heterocycles. The number of carbonyl (C=O) groups is 1. The number of benzene rings is 2. The number of carboxylic acids is 1. The lowest BCUT2D eigenvalue weighted by molar-refractivity contribution is -0.137. The van der Waals surface area contributed by atoms with Gasteiger partial charge in [-0.15, -0.1) is 0 Å². The molecule has 0 bridgehead atoms. The van der Waals surface area contributed by atoms with Crippen molar-refractivity contribution in [1.29, 1.82) is 0 Å². The minimum atomic E-state index is -0.763. The number of halogens is 1. The molecule has 0 saturated carbocycles. The Morgan fingerprint density at radius 1 is 1.28 bits per heavy atom. The van der Waals surface area contributed by atoms with Crippen LogP contribution < -0.4 is 4.74 Å². The first kappa shape index (κ1) is 23.8. The van der Waals surface area contributed by atoms with Gasteiger partial charge in [-0.25, -0.2) is 0 Å². The van der Waals surface area contributed by atoms with E-state index in [1.165, 1.54) is 5.56 Å². The van der Waals surface area contributed by atoms with Gasteiger partial charge >= 0.3 is 5.97 Å². The molecule has 0 radical (unpaired) electrons. The van der Waals surface area contributed by atoms with E-state index < -0.39 is 5.97 Å². The molecule has 0 aliphatic carbocycles. The highest BCUT2D eigenvalue weighted by atomic mass is 35.5. The van der Waals surface area contributed by atoms with E-state index in [0.29, 0.717) is 28.9 Å². The molecule has 32 heavy (non-hydrogen) atoms. The minimum Gasteiger partial charge on any atom is -0.489 e. The number of nitrogens with zero attached hydrogens (tertiary/aromatic N) is 3. The van der Waals surface area contributed by atoms with Gasteiger partial charge in [0.25, 0.3) is 5.89 Å². The van der Waals surface area contributed by atoms with E-state index in [1.54, 1.807) is 12.1 Å². The molecule has 4 rings (SSSR count). The predicted octanol–water partition coefficient (Wildman–Crippen LogP) is 5.66. The van der Waals surface area contributed by atoms with Crippen LogP contribution in [-0.4, -0.2) is 38.8 Å². The molecule has 1 aliphatic rings. The summed E-state index contributed by atoms with van der Waals surface area (Å²) in [5.74, 6) is 0.768. The van der Waals surface area contributed by atoms with Crippen LogP contribution in [0.15, 0.2) is 40.9 Å². The maximum Gasteiger partial charge on any atom is 0.303 e. The van der Waals surface area contributed by atoms with Crippen molar-refractivity contribution in [2.45, 2.75) is 53.3 Å². The smallest absolute Gasteiger partial charge is 0.303 e. The van der Waals surface area contributed by atoms with Crippen molar-refractivity contribution < 1.29 is 19.2 Å². The molecule has 8 heteroatoms. The fourth-order valence-electron chi connectivity index (χ4n) is 3.74. The van der Waals surface area contributed by atoms with Crippen LogP contribution in [-0.2, 0) is 17.9 Å². The number of aromatic nitrogens is 2. The highest BCUT2D eigenvalue weighted by Crippen LogP contribution is 2.34. The lowest BCUT2D eigenvalue weighted by Crippen LogP contribution is -2.18. The standard InChI is InChI=1S/C23H24ClN3O4.CH4/c1-14(2)30-20-9-8-15(11-19(20)24)23-25-22(26-31-23)17-6-3-5-16-12-27(13-18(16)17)10-4-7-21(28)29;/h3,5-6,8-9,11,14H,4,7,10,12-13H2,1-2H3,(H,28,29);1H4. The summed E-state index contributed by atoms with van der Waals surface area (Å²) >= 11 is 6.34. The molecule has 0 amide bonds. The molecule has 0 atom stereocenters. The van der Waals surface area contributed by atoms with Gasteiger partial charge in [0.15, 0.2) is 0 Å². The van der Waals surface area contributed by atoms with Crippen LogP contribution >= 0.6 is 11.6 Å². The summed E-state index contributed by atoms with van der Waals surface area (Å²) in [6.07, 6.45) is 0.835. The summed E-state index contributed by atoms with van der Waals surface area (Å²) in [4.78, 5) is 17.6. The Kier molecular flexibility index (Phi) is 7.53. The third kappa shape index (κ3) is 5.29. The summed E-state index contributed by atoms with van der Waals surface area (Å²) in [5.41, 5.74) is 4.02. The van der Waals surface area contributed by atoms with E-state index in [4.69, 9.17) is 26.0 Å². The lowest BCUT2D eigenvalue weighted by atomic mass is 10.0. The van der Waals surface area contributed by atoms with E-state index in [0.717, 1.165) is 36.3 Å². The molecule has 7 nitrogen and oxygen atoms in total. The second kappa shape index (κ2) is 10.1. The third-order valence-corrected chi connectivity index (χ3v) is 5.42. The van der Waals surface area contributed by atoms with Gasteiger partial charge in [0.1, 0.15) is 5.75 Å². The van der Waals surface area contributed by atoms with Crippen LogP contribution in [0.3, 0.4) is 0 Å². The molecular weight excluding hydrogens is 430 g/mol. The molecule has 1 N–H and O–H groups in total. The van der Waals surface area contributed by atoms with Crippen molar-refractivity contribution in [3.8, 4) is 28.6 Å². The molecule has 1 aliphatic heterocycles. The molecule has 2 aromatic carbocycles. The number of fused-ring (bicyclic) bond motifs is 1.